The Kier molecular flexibility index (Phi) is 10.2. The highest BCUT2D eigenvalue weighted by atomic mass is 32.2. The minimum Gasteiger partial charge on any atom is -0.291 e. The first kappa shape index (κ1) is 12.6. The summed E-state index contributed by atoms with van der Waals surface area (Å²) in [5.74, 6) is 0. The van der Waals surface area contributed by atoms with E-state index in [1.807, 2.05) is 0 Å². The fraction of sp³-hybridized carbons (Fsp3) is 1.00. The van der Waals surface area contributed by atoms with Gasteiger partial charge < -0.3 is 0 Å². The van der Waals surface area contributed by atoms with E-state index < -0.39 is 8.25 Å². The molecule has 0 amide bonds. The van der Waals surface area contributed by atoms with E-state index in [4.69, 9.17) is 8.37 Å². The van der Waals surface area contributed by atoms with Gasteiger partial charge in [0.1, 0.15) is 0 Å². The molecular weight excluding hydrogens is 223 g/mol. The zero-order valence-corrected chi connectivity index (χ0v) is 9.25. The quantitative estimate of drug-likeness (QED) is 0.363. The Morgan fingerprint density at radius 3 is 1.83 bits per heavy atom. The Hall–Kier alpha value is 0.640. The Labute approximate surface area is 81.2 Å². The second-order valence-electron chi connectivity index (χ2n) is 1.32. The lowest BCUT2D eigenvalue weighted by molar-refractivity contribution is 0.346. The fourth-order valence-electron chi connectivity index (χ4n) is 0.201. The summed E-state index contributed by atoms with van der Waals surface area (Å²) in [6, 6.07) is 0. The van der Waals surface area contributed by atoms with Crippen molar-refractivity contribution in [2.75, 3.05) is 13.2 Å². The van der Waals surface area contributed by atoms with Gasteiger partial charge >= 0.3 is 8.25 Å². The smallest absolute Gasteiger partial charge is 0.291 e. The van der Waals surface area contributed by atoms with Gasteiger partial charge in [-0.15, -0.1) is 0 Å². The molecule has 0 rings (SSSR count). The first-order chi connectivity index (χ1) is 5.81. The summed E-state index contributed by atoms with van der Waals surface area (Å²) >= 11 is 1.28. The van der Waals surface area contributed by atoms with Gasteiger partial charge in [-0.3, -0.25) is 8.37 Å². The molecule has 0 saturated carbocycles. The van der Waals surface area contributed by atoms with Crippen LogP contribution in [-0.2, 0) is 20.9 Å². The summed E-state index contributed by atoms with van der Waals surface area (Å²) in [7, 11) is -2.18. The van der Waals surface area contributed by atoms with Gasteiger partial charge in [0, 0.05) is 0 Å². The molecule has 0 aromatic rings. The maximum atomic E-state index is 10.7. The first-order valence-corrected chi connectivity index (χ1v) is 5.63. The molecule has 0 atom stereocenters. The number of hydrogen-bond donors (Lipinski definition) is 0. The standard InChI is InChI=1S/C4H10O5PS2/c1-3-6-11-8-10(5)9-12-7-4-2/h3-4H2,1-2H3. The molecule has 0 N–H and O–H groups in total. The molecule has 0 fully saturated rings. The Morgan fingerprint density at radius 2 is 1.50 bits per heavy atom. The van der Waals surface area contributed by atoms with Crippen molar-refractivity contribution in [2.45, 2.75) is 13.8 Å². The van der Waals surface area contributed by atoms with Crippen molar-refractivity contribution in [3.8, 4) is 0 Å². The van der Waals surface area contributed by atoms with Crippen molar-refractivity contribution in [1.29, 1.82) is 0 Å². The maximum Gasteiger partial charge on any atom is 0.396 e. The topological polar surface area (TPSA) is 54.0 Å². The van der Waals surface area contributed by atoms with Crippen LogP contribution >= 0.6 is 32.9 Å². The van der Waals surface area contributed by atoms with E-state index in [0.717, 1.165) is 0 Å². The van der Waals surface area contributed by atoms with Crippen LogP contribution in [0.5, 0.6) is 0 Å². The van der Waals surface area contributed by atoms with Gasteiger partial charge in [0.15, 0.2) is 24.6 Å². The van der Waals surface area contributed by atoms with E-state index >= 15 is 0 Å². The van der Waals surface area contributed by atoms with Crippen molar-refractivity contribution in [3.05, 3.63) is 0 Å². The van der Waals surface area contributed by atoms with Crippen LogP contribution in [0.25, 0.3) is 0 Å². The second-order valence-corrected chi connectivity index (χ2v) is 3.71. The third-order valence-corrected chi connectivity index (χ3v) is 2.64. The van der Waals surface area contributed by atoms with Crippen LogP contribution in [-0.4, -0.2) is 13.2 Å². The monoisotopic (exact) mass is 233 g/mol. The molecule has 5 nitrogen and oxygen atoms in total. The molecule has 1 radical (unpaired) electrons. The van der Waals surface area contributed by atoms with Crippen molar-refractivity contribution in [1.82, 2.24) is 0 Å². The minimum atomic E-state index is -2.18. The van der Waals surface area contributed by atoms with Crippen LogP contribution in [0, 0.1) is 0 Å². The van der Waals surface area contributed by atoms with Gasteiger partial charge in [-0.2, -0.15) is 7.94 Å². The summed E-state index contributed by atoms with van der Waals surface area (Å²) in [5, 5.41) is 0. The van der Waals surface area contributed by atoms with Crippen LogP contribution in [0.15, 0.2) is 0 Å². The predicted octanol–water partition coefficient (Wildman–Crippen LogP) is 2.88. The van der Waals surface area contributed by atoms with Gasteiger partial charge in [-0.25, -0.2) is 4.57 Å². The molecule has 0 bridgehead atoms. The highest BCUT2D eigenvalue weighted by molar-refractivity contribution is 7.95. The summed E-state index contributed by atoms with van der Waals surface area (Å²) < 4.78 is 29.1. The molecule has 12 heavy (non-hydrogen) atoms. The van der Waals surface area contributed by atoms with Crippen LogP contribution in [0.1, 0.15) is 13.8 Å². The van der Waals surface area contributed by atoms with E-state index in [1.54, 1.807) is 13.8 Å². The van der Waals surface area contributed by atoms with E-state index in [9.17, 15) is 4.57 Å². The molecular formula is C4H10O5PS2. The van der Waals surface area contributed by atoms with Gasteiger partial charge in [-0.1, -0.05) is 0 Å². The molecule has 0 saturated heterocycles. The van der Waals surface area contributed by atoms with E-state index in [0.29, 0.717) is 37.9 Å². The molecule has 0 spiro atoms. The summed E-state index contributed by atoms with van der Waals surface area (Å²) in [6.07, 6.45) is 0. The van der Waals surface area contributed by atoms with Gasteiger partial charge in [0.2, 0.25) is 0 Å². The first-order valence-electron chi connectivity index (χ1n) is 3.21. The van der Waals surface area contributed by atoms with Crippen molar-refractivity contribution in [3.63, 3.8) is 0 Å². The normalized spacial score (nSPS) is 10.2. The van der Waals surface area contributed by atoms with E-state index in [1.165, 1.54) is 0 Å². The Bertz CT molecular complexity index is 112. The van der Waals surface area contributed by atoms with Crippen LogP contribution in [0.4, 0.5) is 0 Å². The number of rotatable bonds is 8. The van der Waals surface area contributed by atoms with Crippen molar-refractivity contribution >= 4 is 32.9 Å². The summed E-state index contributed by atoms with van der Waals surface area (Å²) in [5.41, 5.74) is 0. The third kappa shape index (κ3) is 8.73. The minimum absolute atomic E-state index is 0.479. The maximum absolute atomic E-state index is 10.7. The van der Waals surface area contributed by atoms with Crippen LogP contribution in [0.2, 0.25) is 0 Å². The Morgan fingerprint density at radius 1 is 1.08 bits per heavy atom. The largest absolute Gasteiger partial charge is 0.396 e. The molecule has 0 aromatic heterocycles. The lowest BCUT2D eigenvalue weighted by Crippen LogP contribution is -1.79. The zero-order chi connectivity index (χ0) is 9.23. The molecule has 0 aromatic carbocycles. The van der Waals surface area contributed by atoms with Crippen LogP contribution < -0.4 is 0 Å². The number of hydrogen-bond acceptors (Lipinski definition) is 7. The molecule has 0 aliphatic heterocycles. The Balaban J connectivity index is 3.10. The lowest BCUT2D eigenvalue weighted by atomic mass is 10.9. The van der Waals surface area contributed by atoms with Gasteiger partial charge in [-0.05, 0) is 13.8 Å². The summed E-state index contributed by atoms with van der Waals surface area (Å²) in [4.78, 5) is 0. The second kappa shape index (κ2) is 9.73. The SMILES string of the molecule is CCOSO[P](=O)OSOCC. The molecule has 8 heteroatoms. The third-order valence-electron chi connectivity index (χ3n) is 0.515. The predicted molar refractivity (Wildman–Crippen MR) is 48.2 cm³/mol. The molecule has 73 valence electrons. The molecule has 0 unspecified atom stereocenters. The zero-order valence-electron chi connectivity index (χ0n) is 6.72. The molecule has 0 heterocycles. The van der Waals surface area contributed by atoms with Gasteiger partial charge in [0.05, 0.1) is 13.2 Å². The fourth-order valence-corrected chi connectivity index (χ4v) is 1.46. The highest BCUT2D eigenvalue weighted by Gasteiger charge is 2.04. The molecule has 0 aliphatic carbocycles. The average molecular weight is 233 g/mol. The van der Waals surface area contributed by atoms with Crippen LogP contribution in [0.3, 0.4) is 0 Å². The lowest BCUT2D eigenvalue weighted by Gasteiger charge is -1.98. The van der Waals surface area contributed by atoms with Crippen molar-refractivity contribution in [2.24, 2.45) is 0 Å². The average Bonchev–Trinajstić information content (AvgIpc) is 2.06. The van der Waals surface area contributed by atoms with Gasteiger partial charge in [0.25, 0.3) is 0 Å². The summed E-state index contributed by atoms with van der Waals surface area (Å²) in [6.45, 7) is 4.54. The molecule has 0 aliphatic rings. The van der Waals surface area contributed by atoms with E-state index in [-0.39, 0.29) is 0 Å². The van der Waals surface area contributed by atoms with Crippen molar-refractivity contribution < 1.29 is 20.9 Å². The van der Waals surface area contributed by atoms with E-state index in [2.05, 4.69) is 7.94 Å². The highest BCUT2D eigenvalue weighted by Crippen LogP contribution is 2.35.